The minimum atomic E-state index is -0.955. The molecule has 0 N–H and O–H groups in total. The summed E-state index contributed by atoms with van der Waals surface area (Å²) in [4.78, 5) is 48.1. The van der Waals surface area contributed by atoms with Crippen LogP contribution in [0.3, 0.4) is 0 Å². The number of methoxy groups -OCH3 is 2. The molecular formula is C35H29ClO11. The van der Waals surface area contributed by atoms with Gasteiger partial charge in [-0.1, -0.05) is 18.2 Å². The van der Waals surface area contributed by atoms with Gasteiger partial charge in [-0.15, -0.1) is 0 Å². The van der Waals surface area contributed by atoms with E-state index in [1.54, 1.807) is 32.4 Å². The van der Waals surface area contributed by atoms with Gasteiger partial charge in [0.2, 0.25) is 0 Å². The molecule has 47 heavy (non-hydrogen) atoms. The summed E-state index contributed by atoms with van der Waals surface area (Å²) < 4.78 is 36.2. The fourth-order valence-corrected chi connectivity index (χ4v) is 4.26. The molecule has 11 nitrogen and oxygen atoms in total. The highest BCUT2D eigenvalue weighted by molar-refractivity contribution is 6.33. The van der Waals surface area contributed by atoms with E-state index in [1.165, 1.54) is 54.6 Å². The highest BCUT2D eigenvalue weighted by Crippen LogP contribution is 2.36. The van der Waals surface area contributed by atoms with Gasteiger partial charge >= 0.3 is 24.1 Å². The van der Waals surface area contributed by atoms with Gasteiger partial charge in [-0.2, -0.15) is 0 Å². The van der Waals surface area contributed by atoms with E-state index < -0.39 is 24.1 Å². The second kappa shape index (κ2) is 16.5. The van der Waals surface area contributed by atoms with Crippen molar-refractivity contribution >= 4 is 35.7 Å². The van der Waals surface area contributed by atoms with Crippen molar-refractivity contribution in [3.05, 3.63) is 114 Å². The topological polar surface area (TPSA) is 133 Å². The molecule has 0 amide bonds. The minimum Gasteiger partial charge on any atom is -0.497 e. The molecule has 0 aliphatic rings. The first kappa shape index (κ1) is 34.1. The standard InChI is InChI=1S/C35H29ClO11/c1-4-32(37)43-16-5-17-44-35(40)47-26-12-8-22(9-13-26)33(38)45-25-10-6-23(7-11-25)34(39)46-27-14-15-30(31(36)21-27)24-18-28(41-2)20-29(19-24)42-3/h4,6-15,18-21H,1,5,16-17H2,2-3H3. The summed E-state index contributed by atoms with van der Waals surface area (Å²) in [5, 5.41) is 0.355. The molecule has 0 saturated carbocycles. The number of hydrogen-bond acceptors (Lipinski definition) is 11. The summed E-state index contributed by atoms with van der Waals surface area (Å²) in [6, 6.07) is 21.7. The van der Waals surface area contributed by atoms with Crippen LogP contribution in [0.4, 0.5) is 4.79 Å². The third-order valence-corrected chi connectivity index (χ3v) is 6.64. The predicted molar refractivity (Wildman–Crippen MR) is 171 cm³/mol. The molecule has 242 valence electrons. The van der Waals surface area contributed by atoms with E-state index in [2.05, 4.69) is 6.58 Å². The van der Waals surface area contributed by atoms with Crippen LogP contribution in [0.25, 0.3) is 11.1 Å². The van der Waals surface area contributed by atoms with Gasteiger partial charge < -0.3 is 33.2 Å². The lowest BCUT2D eigenvalue weighted by atomic mass is 10.0. The normalized spacial score (nSPS) is 10.3. The summed E-state index contributed by atoms with van der Waals surface area (Å²) in [6.07, 6.45) is 0.362. The average molecular weight is 661 g/mol. The Labute approximate surface area is 275 Å². The number of esters is 3. The molecule has 0 fully saturated rings. The molecule has 12 heteroatoms. The van der Waals surface area contributed by atoms with Gasteiger partial charge in [0.1, 0.15) is 28.7 Å². The van der Waals surface area contributed by atoms with E-state index in [9.17, 15) is 19.2 Å². The molecule has 0 aliphatic heterocycles. The first-order valence-electron chi connectivity index (χ1n) is 14.0. The second-order valence-corrected chi connectivity index (χ2v) is 9.90. The third kappa shape index (κ3) is 9.84. The van der Waals surface area contributed by atoms with Crippen molar-refractivity contribution in [1.82, 2.24) is 0 Å². The molecular weight excluding hydrogens is 632 g/mol. The van der Waals surface area contributed by atoms with Gasteiger partial charge in [-0.05, 0) is 78.4 Å². The number of carbonyl (C=O) groups excluding carboxylic acids is 4. The molecule has 0 saturated heterocycles. The molecule has 4 rings (SSSR count). The van der Waals surface area contributed by atoms with Crippen molar-refractivity contribution in [1.29, 1.82) is 0 Å². The van der Waals surface area contributed by atoms with Gasteiger partial charge in [-0.3, -0.25) is 0 Å². The number of carbonyl (C=O) groups is 4. The zero-order valence-electron chi connectivity index (χ0n) is 25.4. The van der Waals surface area contributed by atoms with E-state index >= 15 is 0 Å². The number of rotatable bonds is 13. The first-order chi connectivity index (χ1) is 22.7. The minimum absolute atomic E-state index is 0.0208. The summed E-state index contributed by atoms with van der Waals surface area (Å²) in [5.74, 6) is -0.113. The maximum atomic E-state index is 12.8. The zero-order valence-corrected chi connectivity index (χ0v) is 26.1. The Morgan fingerprint density at radius 3 is 1.68 bits per heavy atom. The van der Waals surface area contributed by atoms with Crippen LogP contribution in [0, 0.1) is 0 Å². The SMILES string of the molecule is C=CC(=O)OCCCOC(=O)Oc1ccc(C(=O)Oc2ccc(C(=O)Oc3ccc(-c4cc(OC)cc(OC)c4)c(Cl)c3)cc2)cc1. The average Bonchev–Trinajstić information content (AvgIpc) is 3.08. The van der Waals surface area contributed by atoms with Crippen LogP contribution in [0.2, 0.25) is 5.02 Å². The zero-order chi connectivity index (χ0) is 33.8. The van der Waals surface area contributed by atoms with Gasteiger partial charge in [0.15, 0.2) is 0 Å². The van der Waals surface area contributed by atoms with E-state index in [1.807, 2.05) is 12.1 Å². The van der Waals surface area contributed by atoms with E-state index in [0.717, 1.165) is 11.6 Å². The maximum absolute atomic E-state index is 12.8. The Kier molecular flexibility index (Phi) is 12.0. The molecule has 0 bridgehead atoms. The summed E-state index contributed by atoms with van der Waals surface area (Å²) in [6.45, 7) is 3.32. The van der Waals surface area contributed by atoms with Crippen LogP contribution in [0.5, 0.6) is 28.7 Å². The highest BCUT2D eigenvalue weighted by atomic mass is 35.5. The fourth-order valence-electron chi connectivity index (χ4n) is 3.98. The monoisotopic (exact) mass is 660 g/mol. The van der Waals surface area contributed by atoms with Crippen LogP contribution in [0.15, 0.2) is 97.6 Å². The van der Waals surface area contributed by atoms with Crippen molar-refractivity contribution in [2.75, 3.05) is 27.4 Å². The first-order valence-corrected chi connectivity index (χ1v) is 14.4. The van der Waals surface area contributed by atoms with E-state index in [0.29, 0.717) is 22.1 Å². The van der Waals surface area contributed by atoms with E-state index in [-0.39, 0.29) is 48.0 Å². The van der Waals surface area contributed by atoms with Crippen molar-refractivity contribution in [2.24, 2.45) is 0 Å². The van der Waals surface area contributed by atoms with Gasteiger partial charge in [0.05, 0.1) is 43.6 Å². The van der Waals surface area contributed by atoms with Gasteiger partial charge in [-0.25, -0.2) is 19.2 Å². The van der Waals surface area contributed by atoms with Gasteiger partial charge in [0.25, 0.3) is 0 Å². The molecule has 0 radical (unpaired) electrons. The smallest absolute Gasteiger partial charge is 0.497 e. The second-order valence-electron chi connectivity index (χ2n) is 9.50. The van der Waals surface area contributed by atoms with Crippen LogP contribution >= 0.6 is 11.6 Å². The van der Waals surface area contributed by atoms with Crippen molar-refractivity contribution in [2.45, 2.75) is 6.42 Å². The number of hydrogen-bond donors (Lipinski definition) is 0. The molecule has 4 aromatic rings. The lowest BCUT2D eigenvalue weighted by Crippen LogP contribution is -2.13. The molecule has 0 spiro atoms. The Bertz CT molecular complexity index is 1730. The Balaban J connectivity index is 1.28. The highest BCUT2D eigenvalue weighted by Gasteiger charge is 2.15. The number of benzene rings is 4. The molecule has 0 unspecified atom stereocenters. The van der Waals surface area contributed by atoms with Crippen molar-refractivity contribution in [3.63, 3.8) is 0 Å². The van der Waals surface area contributed by atoms with Gasteiger partial charge in [0, 0.05) is 30.2 Å². The quantitative estimate of drug-likeness (QED) is 0.0478. The molecule has 0 atom stereocenters. The van der Waals surface area contributed by atoms with Crippen molar-refractivity contribution < 1.29 is 52.3 Å². The number of halogens is 1. The van der Waals surface area contributed by atoms with Crippen LogP contribution in [-0.4, -0.2) is 51.5 Å². The molecule has 0 aromatic heterocycles. The van der Waals surface area contributed by atoms with Crippen LogP contribution in [0.1, 0.15) is 27.1 Å². The lowest BCUT2D eigenvalue weighted by molar-refractivity contribution is -0.138. The Hall–Kier alpha value is -5.81. The number of ether oxygens (including phenoxy) is 7. The predicted octanol–water partition coefficient (Wildman–Crippen LogP) is 7.10. The van der Waals surface area contributed by atoms with Crippen molar-refractivity contribution in [3.8, 4) is 39.9 Å². The summed E-state index contributed by atoms with van der Waals surface area (Å²) in [7, 11) is 3.11. The molecule has 4 aromatic carbocycles. The maximum Gasteiger partial charge on any atom is 0.513 e. The Morgan fingerprint density at radius 1 is 0.638 bits per heavy atom. The van der Waals surface area contributed by atoms with Crippen LogP contribution < -0.4 is 23.7 Å². The Morgan fingerprint density at radius 2 is 1.15 bits per heavy atom. The largest absolute Gasteiger partial charge is 0.513 e. The molecule has 0 aliphatic carbocycles. The third-order valence-electron chi connectivity index (χ3n) is 6.32. The van der Waals surface area contributed by atoms with E-state index in [4.69, 9.17) is 44.8 Å². The summed E-state index contributed by atoms with van der Waals surface area (Å²) in [5.41, 5.74) is 1.86. The molecule has 0 heterocycles. The summed E-state index contributed by atoms with van der Waals surface area (Å²) >= 11 is 6.51. The lowest BCUT2D eigenvalue weighted by Gasteiger charge is -2.11. The van der Waals surface area contributed by atoms with Crippen LogP contribution in [-0.2, 0) is 14.3 Å². The fraction of sp³-hybridized carbons (Fsp3) is 0.143.